The minimum atomic E-state index is 0.0814. The van der Waals surface area contributed by atoms with E-state index < -0.39 is 0 Å². The average Bonchev–Trinajstić information content (AvgIpc) is 2.09. The quantitative estimate of drug-likeness (QED) is 0.629. The standard InChI is InChI=1S/C9H20FNO2/c1-9(2)3-4-11(5-7-12)6-8-13-10/h9,12H,3-8H2,1-2H3. The van der Waals surface area contributed by atoms with Crippen molar-refractivity contribution in [1.29, 1.82) is 0 Å². The van der Waals surface area contributed by atoms with Gasteiger partial charge < -0.3 is 5.11 Å². The van der Waals surface area contributed by atoms with Crippen LogP contribution < -0.4 is 0 Å². The van der Waals surface area contributed by atoms with Crippen LogP contribution in [0, 0.1) is 5.92 Å². The van der Waals surface area contributed by atoms with Gasteiger partial charge in [0.15, 0.2) is 0 Å². The lowest BCUT2D eigenvalue weighted by Crippen LogP contribution is -2.31. The summed E-state index contributed by atoms with van der Waals surface area (Å²) in [6, 6.07) is 0. The van der Waals surface area contributed by atoms with Gasteiger partial charge in [-0.1, -0.05) is 13.8 Å². The summed E-state index contributed by atoms with van der Waals surface area (Å²) >= 11 is 0. The second-order valence-corrected chi connectivity index (χ2v) is 3.56. The summed E-state index contributed by atoms with van der Waals surface area (Å²) < 4.78 is 11.4. The summed E-state index contributed by atoms with van der Waals surface area (Å²) in [7, 11) is 0. The van der Waals surface area contributed by atoms with Crippen LogP contribution in [0.4, 0.5) is 4.53 Å². The van der Waals surface area contributed by atoms with Crippen molar-refractivity contribution in [1.82, 2.24) is 4.90 Å². The van der Waals surface area contributed by atoms with Crippen molar-refractivity contribution in [3.8, 4) is 0 Å². The fourth-order valence-electron chi connectivity index (χ4n) is 1.08. The van der Waals surface area contributed by atoms with Gasteiger partial charge in [-0.2, -0.15) is 4.94 Å². The SMILES string of the molecule is CC(C)CCN(CCO)CCOF. The summed E-state index contributed by atoms with van der Waals surface area (Å²) in [5, 5.41) is 8.73. The predicted molar refractivity (Wildman–Crippen MR) is 50.0 cm³/mol. The summed E-state index contributed by atoms with van der Waals surface area (Å²) in [5.74, 6) is 0.632. The van der Waals surface area contributed by atoms with Crippen molar-refractivity contribution in [2.75, 3.05) is 32.8 Å². The maximum absolute atomic E-state index is 11.4. The van der Waals surface area contributed by atoms with E-state index in [0.717, 1.165) is 13.0 Å². The highest BCUT2D eigenvalue weighted by molar-refractivity contribution is 4.58. The molecule has 0 aromatic heterocycles. The molecular weight excluding hydrogens is 173 g/mol. The first-order valence-electron chi connectivity index (χ1n) is 4.77. The molecule has 0 heterocycles. The number of hydrogen-bond acceptors (Lipinski definition) is 3. The van der Waals surface area contributed by atoms with Crippen molar-refractivity contribution in [2.45, 2.75) is 20.3 Å². The van der Waals surface area contributed by atoms with Gasteiger partial charge in [-0.25, -0.2) is 0 Å². The first-order chi connectivity index (χ1) is 6.20. The molecule has 0 rings (SSSR count). The molecule has 0 radical (unpaired) electrons. The average molecular weight is 193 g/mol. The lowest BCUT2D eigenvalue weighted by Gasteiger charge is -2.20. The molecule has 3 nitrogen and oxygen atoms in total. The molecule has 13 heavy (non-hydrogen) atoms. The second kappa shape index (κ2) is 8.41. The Kier molecular flexibility index (Phi) is 8.29. The van der Waals surface area contributed by atoms with E-state index in [-0.39, 0.29) is 13.2 Å². The molecular formula is C9H20FNO2. The highest BCUT2D eigenvalue weighted by Crippen LogP contribution is 2.01. The Bertz CT molecular complexity index is 112. The number of nitrogens with zero attached hydrogens (tertiary/aromatic N) is 1. The van der Waals surface area contributed by atoms with E-state index in [1.54, 1.807) is 0 Å². The molecule has 0 aliphatic heterocycles. The molecule has 1 N–H and O–H groups in total. The van der Waals surface area contributed by atoms with Gasteiger partial charge in [-0.3, -0.25) is 4.90 Å². The first-order valence-corrected chi connectivity index (χ1v) is 4.77. The van der Waals surface area contributed by atoms with Crippen LogP contribution >= 0.6 is 0 Å². The molecule has 0 saturated heterocycles. The minimum Gasteiger partial charge on any atom is -0.395 e. The molecule has 0 aromatic carbocycles. The molecule has 0 aliphatic rings. The van der Waals surface area contributed by atoms with Crippen LogP contribution in [-0.2, 0) is 4.94 Å². The molecule has 0 saturated carbocycles. The van der Waals surface area contributed by atoms with Crippen molar-refractivity contribution < 1.29 is 14.6 Å². The van der Waals surface area contributed by atoms with E-state index in [1.807, 2.05) is 4.90 Å². The smallest absolute Gasteiger partial charge is 0.100 e. The fourth-order valence-corrected chi connectivity index (χ4v) is 1.08. The monoisotopic (exact) mass is 193 g/mol. The molecule has 0 aromatic rings. The van der Waals surface area contributed by atoms with E-state index >= 15 is 0 Å². The van der Waals surface area contributed by atoms with Crippen LogP contribution in [0.3, 0.4) is 0 Å². The van der Waals surface area contributed by atoms with Gasteiger partial charge in [0.05, 0.1) is 6.61 Å². The highest BCUT2D eigenvalue weighted by atomic mass is 19.3. The zero-order chi connectivity index (χ0) is 10.1. The predicted octanol–water partition coefficient (Wildman–Crippen LogP) is 1.23. The Balaban J connectivity index is 3.53. The Morgan fingerprint density at radius 1 is 1.31 bits per heavy atom. The van der Waals surface area contributed by atoms with E-state index in [9.17, 15) is 4.53 Å². The van der Waals surface area contributed by atoms with Crippen molar-refractivity contribution >= 4 is 0 Å². The molecule has 0 fully saturated rings. The Labute approximate surface area is 79.4 Å². The largest absolute Gasteiger partial charge is 0.395 e. The maximum Gasteiger partial charge on any atom is 0.100 e. The zero-order valence-corrected chi connectivity index (χ0v) is 8.50. The number of aliphatic hydroxyl groups is 1. The van der Waals surface area contributed by atoms with Crippen molar-refractivity contribution in [3.63, 3.8) is 0 Å². The molecule has 80 valence electrons. The first kappa shape index (κ1) is 12.8. The van der Waals surface area contributed by atoms with Crippen molar-refractivity contribution in [3.05, 3.63) is 0 Å². The summed E-state index contributed by atoms with van der Waals surface area (Å²) in [6.45, 7) is 6.51. The van der Waals surface area contributed by atoms with E-state index in [4.69, 9.17) is 5.11 Å². The minimum absolute atomic E-state index is 0.0814. The van der Waals surface area contributed by atoms with Crippen LogP contribution in [0.15, 0.2) is 0 Å². The van der Waals surface area contributed by atoms with Gasteiger partial charge in [0.2, 0.25) is 0 Å². The normalized spacial score (nSPS) is 11.5. The highest BCUT2D eigenvalue weighted by Gasteiger charge is 2.05. The third-order valence-corrected chi connectivity index (χ3v) is 1.92. The van der Waals surface area contributed by atoms with Gasteiger partial charge in [-0.05, 0) is 23.4 Å². The fraction of sp³-hybridized carbons (Fsp3) is 1.00. The van der Waals surface area contributed by atoms with Gasteiger partial charge >= 0.3 is 0 Å². The molecule has 0 unspecified atom stereocenters. The molecule has 0 atom stereocenters. The van der Waals surface area contributed by atoms with Gasteiger partial charge in [0.1, 0.15) is 6.61 Å². The molecule has 0 spiro atoms. The molecule has 4 heteroatoms. The summed E-state index contributed by atoms with van der Waals surface area (Å²) in [6.07, 6.45) is 1.06. The Hall–Kier alpha value is -0.190. The van der Waals surface area contributed by atoms with Crippen LogP contribution in [0.1, 0.15) is 20.3 Å². The topological polar surface area (TPSA) is 32.7 Å². The van der Waals surface area contributed by atoms with Crippen LogP contribution in [0.25, 0.3) is 0 Å². The number of rotatable bonds is 8. The number of hydrogen-bond donors (Lipinski definition) is 1. The van der Waals surface area contributed by atoms with Gasteiger partial charge in [0.25, 0.3) is 0 Å². The summed E-state index contributed by atoms with van der Waals surface area (Å²) in [5.41, 5.74) is 0. The van der Waals surface area contributed by atoms with Crippen LogP contribution in [0.5, 0.6) is 0 Å². The number of halogens is 1. The maximum atomic E-state index is 11.4. The Morgan fingerprint density at radius 3 is 2.46 bits per heavy atom. The van der Waals surface area contributed by atoms with Crippen molar-refractivity contribution in [2.24, 2.45) is 5.92 Å². The third-order valence-electron chi connectivity index (χ3n) is 1.92. The third kappa shape index (κ3) is 8.15. The van der Waals surface area contributed by atoms with Gasteiger partial charge in [0, 0.05) is 13.1 Å². The van der Waals surface area contributed by atoms with Crippen LogP contribution in [0.2, 0.25) is 0 Å². The zero-order valence-electron chi connectivity index (χ0n) is 8.50. The van der Waals surface area contributed by atoms with Crippen LogP contribution in [-0.4, -0.2) is 42.9 Å². The lowest BCUT2D eigenvalue weighted by atomic mass is 10.1. The van der Waals surface area contributed by atoms with E-state index in [0.29, 0.717) is 19.0 Å². The molecule has 0 bridgehead atoms. The van der Waals surface area contributed by atoms with E-state index in [1.165, 1.54) is 0 Å². The van der Waals surface area contributed by atoms with Gasteiger partial charge in [-0.15, -0.1) is 0 Å². The Morgan fingerprint density at radius 2 is 2.00 bits per heavy atom. The molecule has 0 aliphatic carbocycles. The lowest BCUT2D eigenvalue weighted by molar-refractivity contribution is -0.136. The summed E-state index contributed by atoms with van der Waals surface area (Å²) in [4.78, 5) is 5.50. The number of aliphatic hydroxyl groups excluding tert-OH is 1. The molecule has 0 amide bonds. The second-order valence-electron chi connectivity index (χ2n) is 3.56. The van der Waals surface area contributed by atoms with E-state index in [2.05, 4.69) is 18.8 Å².